The Kier molecular flexibility index (Phi) is 12.0. The average molecular weight is 620 g/mol. The molecule has 3 aromatic rings. The third-order valence-corrected chi connectivity index (χ3v) is 9.97. The van der Waals surface area contributed by atoms with Crippen LogP contribution in [0, 0.1) is 5.92 Å². The number of ether oxygens (including phenoxy) is 1. The Morgan fingerprint density at radius 2 is 1.52 bits per heavy atom. The van der Waals surface area contributed by atoms with E-state index in [1.54, 1.807) is 36.3 Å². The van der Waals surface area contributed by atoms with Gasteiger partial charge in [-0.1, -0.05) is 68.4 Å². The summed E-state index contributed by atoms with van der Waals surface area (Å²) in [6.45, 7) is 6.14. The van der Waals surface area contributed by atoms with E-state index in [1.165, 1.54) is 4.31 Å². The topological polar surface area (TPSA) is 96.0 Å². The van der Waals surface area contributed by atoms with Crippen molar-refractivity contribution in [2.75, 3.05) is 26.7 Å². The number of amides is 2. The van der Waals surface area contributed by atoms with Gasteiger partial charge in [-0.25, -0.2) is 8.42 Å². The molecule has 1 fully saturated rings. The van der Waals surface area contributed by atoms with Gasteiger partial charge in [-0.2, -0.15) is 4.31 Å². The fourth-order valence-corrected chi connectivity index (χ4v) is 6.90. The molecule has 8 nitrogen and oxygen atoms in total. The quantitative estimate of drug-likeness (QED) is 0.252. The molecule has 1 N–H and O–H groups in total. The standard InChI is InChI=1S/C35H45N3O5S/c1-27(2)21-22-36-35(40)33(25-29-9-5-4-6-10-29)38(26-30-11-16-31(43-3)17-12-30)34(39)20-15-28-13-18-32(19-14-28)44(41,42)37-23-7-8-24-37/h4-6,9-14,16-19,27,33H,7-8,15,20-26H2,1-3H3,(H,36,40)/t33-/m1/s1. The number of hydrogen-bond acceptors (Lipinski definition) is 5. The molecular formula is C35H45N3O5S. The number of rotatable bonds is 15. The molecule has 0 unspecified atom stereocenters. The van der Waals surface area contributed by atoms with Crippen LogP contribution >= 0.6 is 0 Å². The van der Waals surface area contributed by atoms with Crippen LogP contribution in [0.4, 0.5) is 0 Å². The van der Waals surface area contributed by atoms with Crippen molar-refractivity contribution in [1.29, 1.82) is 0 Å². The van der Waals surface area contributed by atoms with Crippen molar-refractivity contribution in [3.63, 3.8) is 0 Å². The highest BCUT2D eigenvalue weighted by Crippen LogP contribution is 2.23. The van der Waals surface area contributed by atoms with Crippen molar-refractivity contribution in [3.05, 3.63) is 95.6 Å². The molecule has 1 heterocycles. The van der Waals surface area contributed by atoms with E-state index in [-0.39, 0.29) is 29.7 Å². The van der Waals surface area contributed by atoms with E-state index in [4.69, 9.17) is 4.74 Å². The Morgan fingerprint density at radius 1 is 0.886 bits per heavy atom. The normalized spacial score (nSPS) is 14.4. The van der Waals surface area contributed by atoms with Gasteiger partial charge < -0.3 is 15.0 Å². The highest BCUT2D eigenvalue weighted by Gasteiger charge is 2.30. The van der Waals surface area contributed by atoms with E-state index in [9.17, 15) is 18.0 Å². The molecule has 0 aliphatic carbocycles. The minimum Gasteiger partial charge on any atom is -0.497 e. The number of hydrogen-bond donors (Lipinski definition) is 1. The highest BCUT2D eigenvalue weighted by atomic mass is 32.2. The molecule has 1 atom stereocenters. The van der Waals surface area contributed by atoms with Crippen molar-refractivity contribution in [1.82, 2.24) is 14.5 Å². The fraction of sp³-hybridized carbons (Fsp3) is 0.429. The summed E-state index contributed by atoms with van der Waals surface area (Å²) in [7, 11) is -1.89. The number of nitrogens with zero attached hydrogens (tertiary/aromatic N) is 2. The zero-order valence-corrected chi connectivity index (χ0v) is 26.9. The smallest absolute Gasteiger partial charge is 0.243 e. The van der Waals surface area contributed by atoms with E-state index in [0.29, 0.717) is 44.1 Å². The van der Waals surface area contributed by atoms with Crippen molar-refractivity contribution in [3.8, 4) is 5.75 Å². The fourth-order valence-electron chi connectivity index (χ4n) is 5.38. The third kappa shape index (κ3) is 9.16. The lowest BCUT2D eigenvalue weighted by atomic mass is 10.0. The number of carbonyl (C=O) groups is 2. The van der Waals surface area contributed by atoms with Gasteiger partial charge in [0.05, 0.1) is 12.0 Å². The largest absolute Gasteiger partial charge is 0.497 e. The predicted molar refractivity (Wildman–Crippen MR) is 173 cm³/mol. The second kappa shape index (κ2) is 15.9. The van der Waals surface area contributed by atoms with Gasteiger partial charge in [-0.15, -0.1) is 0 Å². The summed E-state index contributed by atoms with van der Waals surface area (Å²) in [5.74, 6) is 0.841. The molecule has 1 aliphatic heterocycles. The van der Waals surface area contributed by atoms with Gasteiger partial charge in [0, 0.05) is 39.0 Å². The van der Waals surface area contributed by atoms with Crippen LogP contribution in [0.2, 0.25) is 0 Å². The van der Waals surface area contributed by atoms with Crippen LogP contribution < -0.4 is 10.1 Å². The molecule has 9 heteroatoms. The number of aryl methyl sites for hydroxylation is 1. The molecule has 0 aromatic heterocycles. The van der Waals surface area contributed by atoms with Crippen molar-refractivity contribution < 1.29 is 22.7 Å². The second-order valence-electron chi connectivity index (χ2n) is 11.8. The van der Waals surface area contributed by atoms with Gasteiger partial charge in [0.25, 0.3) is 0 Å². The third-order valence-electron chi connectivity index (χ3n) is 8.06. The zero-order chi connectivity index (χ0) is 31.5. The summed E-state index contributed by atoms with van der Waals surface area (Å²) in [5, 5.41) is 3.08. The average Bonchev–Trinajstić information content (AvgIpc) is 3.59. The van der Waals surface area contributed by atoms with Gasteiger partial charge in [0.2, 0.25) is 21.8 Å². The Labute approximate surface area is 262 Å². The van der Waals surface area contributed by atoms with Crippen molar-refractivity contribution in [2.24, 2.45) is 5.92 Å². The van der Waals surface area contributed by atoms with E-state index in [1.807, 2.05) is 54.6 Å². The first-order valence-electron chi connectivity index (χ1n) is 15.5. The first-order chi connectivity index (χ1) is 21.2. The molecule has 236 valence electrons. The first-order valence-corrected chi connectivity index (χ1v) is 16.9. The lowest BCUT2D eigenvalue weighted by molar-refractivity contribution is -0.141. The second-order valence-corrected chi connectivity index (χ2v) is 13.7. The van der Waals surface area contributed by atoms with Crippen LogP contribution in [0.15, 0.2) is 83.8 Å². The molecule has 44 heavy (non-hydrogen) atoms. The lowest BCUT2D eigenvalue weighted by Crippen LogP contribution is -2.50. The van der Waals surface area contributed by atoms with Gasteiger partial charge in [-0.3, -0.25) is 9.59 Å². The molecule has 1 aliphatic rings. The van der Waals surface area contributed by atoms with Gasteiger partial charge in [0.15, 0.2) is 0 Å². The molecule has 3 aromatic carbocycles. The summed E-state index contributed by atoms with van der Waals surface area (Å²) in [6, 6.07) is 23.4. The van der Waals surface area contributed by atoms with Crippen LogP contribution in [0.3, 0.4) is 0 Å². The van der Waals surface area contributed by atoms with Crippen LogP contribution in [-0.2, 0) is 39.0 Å². The molecule has 0 bridgehead atoms. The number of benzene rings is 3. The molecule has 1 saturated heterocycles. The summed E-state index contributed by atoms with van der Waals surface area (Å²) in [5.41, 5.74) is 2.73. The molecule has 2 amide bonds. The summed E-state index contributed by atoms with van der Waals surface area (Å²) in [4.78, 5) is 29.6. The Bertz CT molecular complexity index is 1450. The molecule has 0 spiro atoms. The SMILES string of the molecule is COc1ccc(CN(C(=O)CCc2ccc(S(=O)(=O)N3CCCC3)cc2)[C@H](Cc2ccccc2)C(=O)NCCC(C)C)cc1. The van der Waals surface area contributed by atoms with Crippen molar-refractivity contribution >= 4 is 21.8 Å². The lowest BCUT2D eigenvalue weighted by Gasteiger charge is -2.32. The minimum absolute atomic E-state index is 0.144. The Morgan fingerprint density at radius 3 is 2.14 bits per heavy atom. The van der Waals surface area contributed by atoms with Crippen LogP contribution in [0.25, 0.3) is 0 Å². The number of carbonyl (C=O) groups excluding carboxylic acids is 2. The molecule has 0 saturated carbocycles. The number of methoxy groups -OCH3 is 1. The molecule has 0 radical (unpaired) electrons. The van der Waals surface area contributed by atoms with E-state index >= 15 is 0 Å². The van der Waals surface area contributed by atoms with E-state index in [2.05, 4.69) is 19.2 Å². The zero-order valence-electron chi connectivity index (χ0n) is 26.1. The van der Waals surface area contributed by atoms with Crippen LogP contribution in [0.1, 0.15) is 56.2 Å². The minimum atomic E-state index is -3.50. The first kappa shape index (κ1) is 33.2. The maximum Gasteiger partial charge on any atom is 0.243 e. The maximum atomic E-state index is 14.0. The number of sulfonamides is 1. The maximum absolute atomic E-state index is 14.0. The van der Waals surface area contributed by atoms with Crippen LogP contribution in [0.5, 0.6) is 5.75 Å². The highest BCUT2D eigenvalue weighted by molar-refractivity contribution is 7.89. The summed E-state index contributed by atoms with van der Waals surface area (Å²) < 4.78 is 32.7. The van der Waals surface area contributed by atoms with Gasteiger partial charge in [0.1, 0.15) is 11.8 Å². The molecular weight excluding hydrogens is 574 g/mol. The molecule has 4 rings (SSSR count). The van der Waals surface area contributed by atoms with E-state index in [0.717, 1.165) is 36.0 Å². The Hall–Kier alpha value is -3.69. The Balaban J connectivity index is 1.55. The summed E-state index contributed by atoms with van der Waals surface area (Å²) >= 11 is 0. The van der Waals surface area contributed by atoms with Gasteiger partial charge in [-0.05, 0) is 72.6 Å². The number of nitrogens with one attached hydrogen (secondary N) is 1. The van der Waals surface area contributed by atoms with Crippen molar-refractivity contribution in [2.45, 2.75) is 69.9 Å². The predicted octanol–water partition coefficient (Wildman–Crippen LogP) is 5.21. The van der Waals surface area contributed by atoms with Crippen LogP contribution in [-0.4, -0.2) is 62.2 Å². The van der Waals surface area contributed by atoms with E-state index < -0.39 is 16.1 Å². The monoisotopic (exact) mass is 619 g/mol. The summed E-state index contributed by atoms with van der Waals surface area (Å²) in [6.07, 6.45) is 3.61. The van der Waals surface area contributed by atoms with Gasteiger partial charge >= 0.3 is 0 Å².